The van der Waals surface area contributed by atoms with E-state index in [4.69, 9.17) is 0 Å². The third-order valence-electron chi connectivity index (χ3n) is 5.66. The third-order valence-corrected chi connectivity index (χ3v) is 6.58. The predicted molar refractivity (Wildman–Crippen MR) is 115 cm³/mol. The summed E-state index contributed by atoms with van der Waals surface area (Å²) < 4.78 is 0. The van der Waals surface area contributed by atoms with Gasteiger partial charge in [-0.3, -0.25) is 9.59 Å². The first kappa shape index (κ1) is 20.6. The molecule has 1 N–H and O–H groups in total. The highest BCUT2D eigenvalue weighted by molar-refractivity contribution is 7.13. The van der Waals surface area contributed by atoms with Gasteiger partial charge in [-0.2, -0.15) is 0 Å². The van der Waals surface area contributed by atoms with Crippen LogP contribution in [-0.4, -0.2) is 36.9 Å². The van der Waals surface area contributed by atoms with Gasteiger partial charge in [0.1, 0.15) is 0 Å². The lowest BCUT2D eigenvalue weighted by Crippen LogP contribution is -2.52. The Bertz CT molecular complexity index is 811. The zero-order valence-electron chi connectivity index (χ0n) is 17.2. The number of carbonyl (C=O) groups excluding carboxylic acids is 2. The molecule has 1 aromatic carbocycles. The molecule has 0 radical (unpaired) electrons. The maximum absolute atomic E-state index is 12.8. The first-order valence-corrected chi connectivity index (χ1v) is 10.8. The van der Waals surface area contributed by atoms with Gasteiger partial charge in [0.05, 0.1) is 5.41 Å². The summed E-state index contributed by atoms with van der Waals surface area (Å²) in [5, 5.41) is 4.94. The van der Waals surface area contributed by atoms with Crippen LogP contribution in [0.5, 0.6) is 0 Å². The molecule has 1 aliphatic rings. The minimum Gasteiger partial charge on any atom is -0.359 e. The van der Waals surface area contributed by atoms with Gasteiger partial charge in [-0.15, -0.1) is 11.3 Å². The molecule has 1 saturated heterocycles. The van der Waals surface area contributed by atoms with E-state index < -0.39 is 5.41 Å². The van der Waals surface area contributed by atoms with Crippen LogP contribution in [0.2, 0.25) is 0 Å². The smallest absolute Gasteiger partial charge is 0.227 e. The number of thiophene rings is 1. The normalized spacial score (nSPS) is 16.6. The van der Waals surface area contributed by atoms with Crippen molar-refractivity contribution in [3.05, 3.63) is 47.3 Å². The van der Waals surface area contributed by atoms with Crippen LogP contribution in [-0.2, 0) is 16.0 Å². The van der Waals surface area contributed by atoms with Crippen molar-refractivity contribution >= 4 is 23.2 Å². The summed E-state index contributed by atoms with van der Waals surface area (Å²) in [5.74, 6) is 0.246. The number of nitrogens with one attached hydrogen (secondary N) is 1. The van der Waals surface area contributed by atoms with E-state index in [9.17, 15) is 9.59 Å². The standard InChI is InChI=1S/C23H30N2O2S/c1-22(2,3)21(27)25-13-11-23(12-14-25,20(26)24-4)16-17-7-9-18(10-8-17)19-6-5-15-28-19/h5-10,15H,11-14,16H2,1-4H3,(H,24,26). The number of amides is 2. The molecule has 150 valence electrons. The molecular weight excluding hydrogens is 368 g/mol. The van der Waals surface area contributed by atoms with E-state index >= 15 is 0 Å². The fourth-order valence-corrected chi connectivity index (χ4v) is 4.71. The van der Waals surface area contributed by atoms with E-state index in [-0.39, 0.29) is 17.2 Å². The van der Waals surface area contributed by atoms with Crippen LogP contribution < -0.4 is 5.32 Å². The van der Waals surface area contributed by atoms with Gasteiger partial charge >= 0.3 is 0 Å². The third kappa shape index (κ3) is 4.30. The Morgan fingerprint density at radius 1 is 1.11 bits per heavy atom. The molecule has 0 aliphatic carbocycles. The van der Waals surface area contributed by atoms with Crippen LogP contribution in [0.3, 0.4) is 0 Å². The Kier molecular flexibility index (Phi) is 5.94. The topological polar surface area (TPSA) is 49.4 Å². The summed E-state index contributed by atoms with van der Waals surface area (Å²) in [4.78, 5) is 28.6. The second-order valence-electron chi connectivity index (χ2n) is 8.75. The summed E-state index contributed by atoms with van der Waals surface area (Å²) in [5.41, 5.74) is 1.54. The lowest BCUT2D eigenvalue weighted by molar-refractivity contribution is -0.145. The quantitative estimate of drug-likeness (QED) is 0.832. The largest absolute Gasteiger partial charge is 0.359 e. The van der Waals surface area contributed by atoms with Gasteiger partial charge in [-0.05, 0) is 41.8 Å². The van der Waals surface area contributed by atoms with Gasteiger partial charge in [0.25, 0.3) is 0 Å². The van der Waals surface area contributed by atoms with E-state index in [1.807, 2.05) is 25.7 Å². The van der Waals surface area contributed by atoms with Gasteiger partial charge < -0.3 is 10.2 Å². The predicted octanol–water partition coefficient (Wildman–Crippen LogP) is 4.36. The molecule has 0 saturated carbocycles. The average Bonchev–Trinajstić information content (AvgIpc) is 3.22. The van der Waals surface area contributed by atoms with Gasteiger partial charge in [-0.25, -0.2) is 0 Å². The van der Waals surface area contributed by atoms with Crippen LogP contribution in [0, 0.1) is 10.8 Å². The molecule has 5 heteroatoms. The number of hydrogen-bond acceptors (Lipinski definition) is 3. The number of nitrogens with zero attached hydrogens (tertiary/aromatic N) is 1. The number of benzene rings is 1. The SMILES string of the molecule is CNC(=O)C1(Cc2ccc(-c3cccs3)cc2)CCN(C(=O)C(C)(C)C)CC1. The van der Waals surface area contributed by atoms with Crippen LogP contribution in [0.15, 0.2) is 41.8 Å². The van der Waals surface area contributed by atoms with Crippen LogP contribution in [0.1, 0.15) is 39.2 Å². The van der Waals surface area contributed by atoms with E-state index in [1.165, 1.54) is 16.0 Å². The van der Waals surface area contributed by atoms with Gasteiger partial charge in [0, 0.05) is 30.4 Å². The maximum atomic E-state index is 12.8. The van der Waals surface area contributed by atoms with Gasteiger partial charge in [-0.1, -0.05) is 51.1 Å². The molecule has 4 nitrogen and oxygen atoms in total. The molecule has 0 spiro atoms. The molecule has 1 aliphatic heterocycles. The molecule has 1 aromatic heterocycles. The van der Waals surface area contributed by atoms with Gasteiger partial charge in [0.15, 0.2) is 0 Å². The van der Waals surface area contributed by atoms with Crippen molar-refractivity contribution in [1.82, 2.24) is 10.2 Å². The monoisotopic (exact) mass is 398 g/mol. The van der Waals surface area contributed by atoms with Crippen molar-refractivity contribution in [3.8, 4) is 10.4 Å². The zero-order chi connectivity index (χ0) is 20.4. The van der Waals surface area contributed by atoms with Crippen molar-refractivity contribution in [2.45, 2.75) is 40.0 Å². The van der Waals surface area contributed by atoms with Gasteiger partial charge in [0.2, 0.25) is 11.8 Å². The van der Waals surface area contributed by atoms with Crippen molar-refractivity contribution in [2.24, 2.45) is 10.8 Å². The Morgan fingerprint density at radius 2 is 1.75 bits per heavy atom. The summed E-state index contributed by atoms with van der Waals surface area (Å²) in [6.07, 6.45) is 2.09. The maximum Gasteiger partial charge on any atom is 0.227 e. The molecule has 0 unspecified atom stereocenters. The van der Waals surface area contributed by atoms with E-state index in [0.29, 0.717) is 32.4 Å². The molecule has 2 heterocycles. The lowest BCUT2D eigenvalue weighted by atomic mass is 9.72. The highest BCUT2D eigenvalue weighted by Gasteiger charge is 2.43. The molecule has 0 atom stereocenters. The summed E-state index contributed by atoms with van der Waals surface area (Å²) in [7, 11) is 1.71. The molecule has 1 fully saturated rings. The van der Waals surface area contributed by atoms with E-state index in [2.05, 4.69) is 47.1 Å². The fraction of sp³-hybridized carbons (Fsp3) is 0.478. The van der Waals surface area contributed by atoms with Crippen molar-refractivity contribution in [3.63, 3.8) is 0 Å². The second kappa shape index (κ2) is 8.08. The molecule has 0 bridgehead atoms. The number of hydrogen-bond donors (Lipinski definition) is 1. The van der Waals surface area contributed by atoms with Crippen LogP contribution in [0.25, 0.3) is 10.4 Å². The number of carbonyl (C=O) groups is 2. The highest BCUT2D eigenvalue weighted by Crippen LogP contribution is 2.37. The fourth-order valence-electron chi connectivity index (χ4n) is 3.98. The summed E-state index contributed by atoms with van der Waals surface area (Å²) in [6, 6.07) is 12.7. The number of rotatable bonds is 4. The molecule has 2 aromatic rings. The van der Waals surface area contributed by atoms with E-state index in [1.54, 1.807) is 18.4 Å². The number of likely N-dealkylation sites (tertiary alicyclic amines) is 1. The molecule has 28 heavy (non-hydrogen) atoms. The van der Waals surface area contributed by atoms with Crippen LogP contribution >= 0.6 is 11.3 Å². The Labute approximate surface area is 172 Å². The second-order valence-corrected chi connectivity index (χ2v) is 9.70. The van der Waals surface area contributed by atoms with Crippen molar-refractivity contribution in [1.29, 1.82) is 0 Å². The van der Waals surface area contributed by atoms with E-state index in [0.717, 1.165) is 0 Å². The van der Waals surface area contributed by atoms with Crippen LogP contribution in [0.4, 0.5) is 0 Å². The average molecular weight is 399 g/mol. The zero-order valence-corrected chi connectivity index (χ0v) is 18.1. The molecule has 3 rings (SSSR count). The Balaban J connectivity index is 1.75. The van der Waals surface area contributed by atoms with Crippen molar-refractivity contribution in [2.75, 3.05) is 20.1 Å². The molecular formula is C23H30N2O2S. The summed E-state index contributed by atoms with van der Waals surface area (Å²) >= 11 is 1.73. The lowest BCUT2D eigenvalue weighted by Gasteiger charge is -2.42. The minimum atomic E-state index is -0.451. The Hall–Kier alpha value is -2.14. The first-order valence-electron chi connectivity index (χ1n) is 9.90. The first-order chi connectivity index (χ1) is 13.2. The Morgan fingerprint density at radius 3 is 2.25 bits per heavy atom. The van der Waals surface area contributed by atoms with Crippen molar-refractivity contribution < 1.29 is 9.59 Å². The molecule has 2 amide bonds. The highest BCUT2D eigenvalue weighted by atomic mass is 32.1. The number of piperidine rings is 1. The minimum absolute atomic E-state index is 0.0812. The summed E-state index contributed by atoms with van der Waals surface area (Å²) in [6.45, 7) is 7.12.